The molecule has 0 aromatic heterocycles. The van der Waals surface area contributed by atoms with Gasteiger partial charge in [-0.1, -0.05) is 24.3 Å². The van der Waals surface area contributed by atoms with Crippen molar-refractivity contribution < 1.29 is 19.5 Å². The van der Waals surface area contributed by atoms with E-state index in [-0.39, 0.29) is 13.0 Å². The third-order valence-electron chi connectivity index (χ3n) is 3.31. The number of primary amides is 1. The van der Waals surface area contributed by atoms with Crippen molar-refractivity contribution in [2.24, 2.45) is 11.5 Å². The summed E-state index contributed by atoms with van der Waals surface area (Å²) < 4.78 is 0. The van der Waals surface area contributed by atoms with Crippen LogP contribution in [0.5, 0.6) is 0 Å². The second-order valence-corrected chi connectivity index (χ2v) is 5.76. The number of carbonyl (C=O) groups is 3. The van der Waals surface area contributed by atoms with Crippen LogP contribution in [0.2, 0.25) is 0 Å². The van der Waals surface area contributed by atoms with Gasteiger partial charge < -0.3 is 27.2 Å². The third kappa shape index (κ3) is 5.95. The smallest absolute Gasteiger partial charge is 0.404 e. The van der Waals surface area contributed by atoms with Gasteiger partial charge in [0.2, 0.25) is 11.8 Å². The molecule has 8 nitrogen and oxygen atoms in total. The Morgan fingerprint density at radius 1 is 1.17 bits per heavy atom. The largest absolute Gasteiger partial charge is 0.465 e. The van der Waals surface area contributed by atoms with Gasteiger partial charge in [-0.2, -0.15) is 0 Å². The van der Waals surface area contributed by atoms with Crippen LogP contribution >= 0.6 is 0 Å². The fourth-order valence-electron chi connectivity index (χ4n) is 1.78. The molecule has 0 aliphatic carbocycles. The predicted molar refractivity (Wildman–Crippen MR) is 84.4 cm³/mol. The van der Waals surface area contributed by atoms with Crippen LogP contribution in [0, 0.1) is 0 Å². The minimum absolute atomic E-state index is 0.203. The van der Waals surface area contributed by atoms with Gasteiger partial charge in [-0.25, -0.2) is 4.79 Å². The number of rotatable bonds is 7. The van der Waals surface area contributed by atoms with E-state index in [9.17, 15) is 14.4 Å². The number of hydrogen-bond acceptors (Lipinski definition) is 4. The van der Waals surface area contributed by atoms with Crippen molar-refractivity contribution >= 4 is 17.9 Å². The highest BCUT2D eigenvalue weighted by Gasteiger charge is 2.29. The number of carboxylic acid groups (broad SMARTS) is 1. The summed E-state index contributed by atoms with van der Waals surface area (Å²) in [6, 6.07) is 6.22. The summed E-state index contributed by atoms with van der Waals surface area (Å²) in [5, 5.41) is 13.3. The number of carbonyl (C=O) groups excluding carboxylic acids is 2. The molecule has 0 saturated heterocycles. The Hall–Kier alpha value is -2.61. The average molecular weight is 322 g/mol. The molecule has 8 heteroatoms. The number of benzene rings is 1. The molecule has 0 saturated carbocycles. The van der Waals surface area contributed by atoms with Crippen molar-refractivity contribution in [3.8, 4) is 0 Å². The van der Waals surface area contributed by atoms with Crippen molar-refractivity contribution in [3.63, 3.8) is 0 Å². The van der Waals surface area contributed by atoms with E-state index in [2.05, 4.69) is 10.6 Å². The Morgan fingerprint density at radius 3 is 2.17 bits per heavy atom. The van der Waals surface area contributed by atoms with E-state index in [1.165, 1.54) is 13.8 Å². The van der Waals surface area contributed by atoms with Gasteiger partial charge in [-0.05, 0) is 31.4 Å². The number of nitrogens with one attached hydrogen (secondary N) is 2. The van der Waals surface area contributed by atoms with Gasteiger partial charge in [0, 0.05) is 6.54 Å². The molecule has 0 unspecified atom stereocenters. The minimum Gasteiger partial charge on any atom is -0.465 e. The quantitative estimate of drug-likeness (QED) is 0.467. The standard InChI is InChI=1S/C15H22N4O4/c1-15(2,13(17)21)19-12(20)11(16)7-9-3-5-10(6-4-9)8-18-14(22)23/h3-6,11,18H,7-8,16H2,1-2H3,(H2,17,21)(H,19,20)(H,22,23)/t11-/m0/s1. The Morgan fingerprint density at radius 2 is 1.70 bits per heavy atom. The van der Waals surface area contributed by atoms with Crippen LogP contribution in [0.25, 0.3) is 0 Å². The molecule has 7 N–H and O–H groups in total. The molecule has 3 amide bonds. The molecule has 1 aromatic rings. The van der Waals surface area contributed by atoms with Gasteiger partial charge in [-0.3, -0.25) is 9.59 Å². The van der Waals surface area contributed by atoms with E-state index in [4.69, 9.17) is 16.6 Å². The SMILES string of the molecule is CC(C)(NC(=O)[C@@H](N)Cc1ccc(CNC(=O)O)cc1)C(N)=O. The van der Waals surface area contributed by atoms with Crippen LogP contribution < -0.4 is 22.1 Å². The monoisotopic (exact) mass is 322 g/mol. The van der Waals surface area contributed by atoms with Crippen molar-refractivity contribution in [1.82, 2.24) is 10.6 Å². The molecule has 23 heavy (non-hydrogen) atoms. The first-order valence-corrected chi connectivity index (χ1v) is 7.04. The molecular weight excluding hydrogens is 300 g/mol. The topological polar surface area (TPSA) is 148 Å². The van der Waals surface area contributed by atoms with Crippen LogP contribution in [0.3, 0.4) is 0 Å². The summed E-state index contributed by atoms with van der Waals surface area (Å²) in [5.41, 5.74) is 11.5. The van der Waals surface area contributed by atoms with Crippen LogP contribution in [0.4, 0.5) is 4.79 Å². The number of amides is 3. The van der Waals surface area contributed by atoms with Gasteiger partial charge >= 0.3 is 6.09 Å². The zero-order valence-corrected chi connectivity index (χ0v) is 13.1. The summed E-state index contributed by atoms with van der Waals surface area (Å²) in [5.74, 6) is -1.11. The molecule has 0 radical (unpaired) electrons. The third-order valence-corrected chi connectivity index (χ3v) is 3.31. The fraction of sp³-hybridized carbons (Fsp3) is 0.400. The van der Waals surface area contributed by atoms with Gasteiger partial charge in [0.05, 0.1) is 6.04 Å². The van der Waals surface area contributed by atoms with Crippen molar-refractivity contribution in [3.05, 3.63) is 35.4 Å². The molecule has 0 heterocycles. The van der Waals surface area contributed by atoms with Crippen LogP contribution in [-0.4, -0.2) is 34.6 Å². The fourth-order valence-corrected chi connectivity index (χ4v) is 1.78. The molecule has 0 aliphatic heterocycles. The second kappa shape index (κ2) is 7.59. The van der Waals surface area contributed by atoms with E-state index >= 15 is 0 Å². The Balaban J connectivity index is 2.60. The summed E-state index contributed by atoms with van der Waals surface area (Å²) >= 11 is 0. The first-order valence-electron chi connectivity index (χ1n) is 7.04. The molecule has 1 rings (SSSR count). The lowest BCUT2D eigenvalue weighted by molar-refractivity contribution is -0.131. The summed E-state index contributed by atoms with van der Waals surface area (Å²) in [7, 11) is 0. The summed E-state index contributed by atoms with van der Waals surface area (Å²) in [6.45, 7) is 3.21. The highest BCUT2D eigenvalue weighted by atomic mass is 16.4. The maximum atomic E-state index is 12.0. The maximum Gasteiger partial charge on any atom is 0.404 e. The first-order chi connectivity index (χ1) is 10.6. The first kappa shape index (κ1) is 18.4. The second-order valence-electron chi connectivity index (χ2n) is 5.76. The van der Waals surface area contributed by atoms with E-state index in [0.717, 1.165) is 11.1 Å². The summed E-state index contributed by atoms with van der Waals surface area (Å²) in [4.78, 5) is 33.6. The highest BCUT2D eigenvalue weighted by Crippen LogP contribution is 2.08. The molecule has 0 bridgehead atoms. The molecule has 126 valence electrons. The maximum absolute atomic E-state index is 12.0. The molecule has 0 spiro atoms. The Bertz CT molecular complexity index is 584. The molecule has 0 fully saturated rings. The minimum atomic E-state index is -1.17. The van der Waals surface area contributed by atoms with Crippen LogP contribution in [0.1, 0.15) is 25.0 Å². The van der Waals surface area contributed by atoms with Crippen molar-refractivity contribution in [1.29, 1.82) is 0 Å². The van der Waals surface area contributed by atoms with Gasteiger partial charge in [0.15, 0.2) is 0 Å². The van der Waals surface area contributed by atoms with Crippen molar-refractivity contribution in [2.75, 3.05) is 0 Å². The lowest BCUT2D eigenvalue weighted by atomic mass is 10.0. The highest BCUT2D eigenvalue weighted by molar-refractivity contribution is 5.91. The normalized spacial score (nSPS) is 12.3. The molecular formula is C15H22N4O4. The Kier molecular flexibility index (Phi) is 6.09. The molecule has 1 atom stereocenters. The van der Waals surface area contributed by atoms with E-state index in [1.54, 1.807) is 24.3 Å². The van der Waals surface area contributed by atoms with Gasteiger partial charge in [0.1, 0.15) is 5.54 Å². The van der Waals surface area contributed by atoms with E-state index < -0.39 is 29.5 Å². The lowest BCUT2D eigenvalue weighted by Gasteiger charge is -2.24. The predicted octanol–water partition coefficient (Wildman–Crippen LogP) is -0.296. The summed E-state index contributed by atoms with van der Waals surface area (Å²) in [6.07, 6.45) is -0.808. The number of nitrogens with two attached hydrogens (primary N) is 2. The van der Waals surface area contributed by atoms with Crippen LogP contribution in [-0.2, 0) is 22.6 Å². The molecule has 0 aliphatic rings. The van der Waals surface area contributed by atoms with Crippen molar-refractivity contribution in [2.45, 2.75) is 38.4 Å². The average Bonchev–Trinajstić information content (AvgIpc) is 2.45. The molecule has 1 aromatic carbocycles. The number of hydrogen-bond donors (Lipinski definition) is 5. The zero-order valence-electron chi connectivity index (χ0n) is 13.1. The van der Waals surface area contributed by atoms with Gasteiger partial charge in [0.25, 0.3) is 0 Å². The van der Waals surface area contributed by atoms with Crippen LogP contribution in [0.15, 0.2) is 24.3 Å². The van der Waals surface area contributed by atoms with E-state index in [1.807, 2.05) is 0 Å². The zero-order chi connectivity index (χ0) is 17.6. The lowest BCUT2D eigenvalue weighted by Crippen LogP contribution is -2.57. The van der Waals surface area contributed by atoms with E-state index in [0.29, 0.717) is 0 Å². The van der Waals surface area contributed by atoms with Gasteiger partial charge in [-0.15, -0.1) is 0 Å². The Labute approximate surface area is 134 Å².